The number of furan rings is 1. The van der Waals surface area contributed by atoms with Crippen LogP contribution in [-0.4, -0.2) is 0 Å². The van der Waals surface area contributed by atoms with Crippen LogP contribution in [0.3, 0.4) is 0 Å². The number of halogens is 3. The van der Waals surface area contributed by atoms with Crippen molar-refractivity contribution in [1.82, 2.24) is 5.43 Å². The van der Waals surface area contributed by atoms with Crippen molar-refractivity contribution in [2.45, 2.75) is 12.5 Å². The molecule has 0 aliphatic carbocycles. The van der Waals surface area contributed by atoms with Gasteiger partial charge in [0.05, 0.1) is 6.04 Å². The van der Waals surface area contributed by atoms with E-state index >= 15 is 0 Å². The van der Waals surface area contributed by atoms with Crippen molar-refractivity contribution in [2.75, 3.05) is 0 Å². The molecule has 96 valence electrons. The van der Waals surface area contributed by atoms with Gasteiger partial charge in [-0.25, -0.2) is 14.2 Å². The normalized spacial score (nSPS) is 12.7. The summed E-state index contributed by atoms with van der Waals surface area (Å²) in [7, 11) is 0. The number of hydrazine groups is 1. The van der Waals surface area contributed by atoms with E-state index in [4.69, 9.17) is 21.9 Å². The Hall–Kier alpha value is -1.43. The molecule has 0 amide bonds. The second-order valence-electron chi connectivity index (χ2n) is 3.78. The third kappa shape index (κ3) is 2.69. The molecule has 1 aromatic carbocycles. The highest BCUT2D eigenvalue weighted by atomic mass is 35.5. The molecule has 1 aromatic heterocycles. The maximum absolute atomic E-state index is 13.5. The standard InChI is InChI=1S/C12H11ClF2N2O/c13-11-5-4-10(18-11)9(17-16)6-7-2-1-3-8(14)12(7)15/h1-5,9,17H,6,16H2. The summed E-state index contributed by atoms with van der Waals surface area (Å²) in [6.45, 7) is 0. The monoisotopic (exact) mass is 272 g/mol. The van der Waals surface area contributed by atoms with Crippen LogP contribution in [0.1, 0.15) is 17.4 Å². The van der Waals surface area contributed by atoms with E-state index < -0.39 is 17.7 Å². The van der Waals surface area contributed by atoms with Crippen LogP contribution in [0.2, 0.25) is 5.22 Å². The maximum Gasteiger partial charge on any atom is 0.193 e. The minimum Gasteiger partial charge on any atom is -0.448 e. The molecule has 1 atom stereocenters. The molecular formula is C12H11ClF2N2O. The summed E-state index contributed by atoms with van der Waals surface area (Å²) < 4.78 is 31.8. The topological polar surface area (TPSA) is 51.2 Å². The quantitative estimate of drug-likeness (QED) is 0.665. The Morgan fingerprint density at radius 2 is 2.06 bits per heavy atom. The molecule has 0 saturated carbocycles. The predicted octanol–water partition coefficient (Wildman–Crippen LogP) is 2.96. The van der Waals surface area contributed by atoms with Gasteiger partial charge < -0.3 is 4.42 Å². The maximum atomic E-state index is 13.5. The van der Waals surface area contributed by atoms with E-state index in [1.54, 1.807) is 12.1 Å². The van der Waals surface area contributed by atoms with Crippen LogP contribution >= 0.6 is 11.6 Å². The third-order valence-electron chi connectivity index (χ3n) is 2.59. The molecule has 1 unspecified atom stereocenters. The lowest BCUT2D eigenvalue weighted by Crippen LogP contribution is -2.29. The van der Waals surface area contributed by atoms with Gasteiger partial charge in [0.2, 0.25) is 0 Å². The zero-order valence-electron chi connectivity index (χ0n) is 9.29. The van der Waals surface area contributed by atoms with Gasteiger partial charge in [0, 0.05) is 0 Å². The van der Waals surface area contributed by atoms with Gasteiger partial charge in [-0.15, -0.1) is 0 Å². The molecule has 0 aliphatic rings. The van der Waals surface area contributed by atoms with Gasteiger partial charge >= 0.3 is 0 Å². The molecule has 18 heavy (non-hydrogen) atoms. The van der Waals surface area contributed by atoms with Gasteiger partial charge in [-0.1, -0.05) is 12.1 Å². The molecule has 0 fully saturated rings. The summed E-state index contributed by atoms with van der Waals surface area (Å²) in [6, 6.07) is 6.71. The molecule has 0 radical (unpaired) electrons. The molecule has 0 spiro atoms. The van der Waals surface area contributed by atoms with Gasteiger partial charge in [0.25, 0.3) is 0 Å². The third-order valence-corrected chi connectivity index (χ3v) is 2.80. The SMILES string of the molecule is NNC(Cc1cccc(F)c1F)c1ccc(Cl)o1. The number of nitrogens with two attached hydrogens (primary N) is 1. The first-order valence-electron chi connectivity index (χ1n) is 5.26. The highest BCUT2D eigenvalue weighted by Gasteiger charge is 2.18. The van der Waals surface area contributed by atoms with E-state index in [0.29, 0.717) is 5.76 Å². The average Bonchev–Trinajstić information content (AvgIpc) is 2.78. The first-order chi connectivity index (χ1) is 8.61. The molecular weight excluding hydrogens is 262 g/mol. The summed E-state index contributed by atoms with van der Waals surface area (Å²) in [4.78, 5) is 0. The van der Waals surface area contributed by atoms with E-state index in [9.17, 15) is 8.78 Å². The lowest BCUT2D eigenvalue weighted by molar-refractivity contribution is 0.409. The summed E-state index contributed by atoms with van der Waals surface area (Å²) in [5.41, 5.74) is 2.70. The minimum atomic E-state index is -0.888. The van der Waals surface area contributed by atoms with Crippen LogP contribution in [-0.2, 0) is 6.42 Å². The highest BCUT2D eigenvalue weighted by Crippen LogP contribution is 2.24. The van der Waals surface area contributed by atoms with Crippen LogP contribution < -0.4 is 11.3 Å². The number of nitrogens with one attached hydrogen (secondary N) is 1. The van der Waals surface area contributed by atoms with Crippen molar-refractivity contribution >= 4 is 11.6 Å². The number of hydrogen-bond acceptors (Lipinski definition) is 3. The Labute approximate surface area is 108 Å². The van der Waals surface area contributed by atoms with Gasteiger partial charge in [0.1, 0.15) is 5.76 Å². The van der Waals surface area contributed by atoms with E-state index in [0.717, 1.165) is 6.07 Å². The largest absolute Gasteiger partial charge is 0.448 e. The molecule has 3 nitrogen and oxygen atoms in total. The summed E-state index contributed by atoms with van der Waals surface area (Å²) in [6.07, 6.45) is 0.157. The lowest BCUT2D eigenvalue weighted by atomic mass is 10.0. The fraction of sp³-hybridized carbons (Fsp3) is 0.167. The van der Waals surface area contributed by atoms with Crippen LogP contribution in [0, 0.1) is 11.6 Å². The van der Waals surface area contributed by atoms with Crippen molar-refractivity contribution in [3.63, 3.8) is 0 Å². The van der Waals surface area contributed by atoms with E-state index in [1.165, 1.54) is 12.1 Å². The number of benzene rings is 1. The van der Waals surface area contributed by atoms with Crippen molar-refractivity contribution in [1.29, 1.82) is 0 Å². The summed E-state index contributed by atoms with van der Waals surface area (Å²) >= 11 is 5.65. The van der Waals surface area contributed by atoms with Crippen molar-refractivity contribution in [3.8, 4) is 0 Å². The second kappa shape index (κ2) is 5.48. The summed E-state index contributed by atoms with van der Waals surface area (Å²) in [5.74, 6) is 4.08. The Kier molecular flexibility index (Phi) is 3.96. The zero-order valence-corrected chi connectivity index (χ0v) is 10.0. The molecule has 3 N–H and O–H groups in total. The van der Waals surface area contributed by atoms with Crippen LogP contribution in [0.4, 0.5) is 8.78 Å². The second-order valence-corrected chi connectivity index (χ2v) is 4.15. The summed E-state index contributed by atoms with van der Waals surface area (Å²) in [5, 5.41) is 0.213. The fourth-order valence-corrected chi connectivity index (χ4v) is 1.84. The minimum absolute atomic E-state index is 0.157. The van der Waals surface area contributed by atoms with Gasteiger partial charge in [-0.3, -0.25) is 5.84 Å². The first-order valence-corrected chi connectivity index (χ1v) is 5.64. The Morgan fingerprint density at radius 3 is 2.67 bits per heavy atom. The smallest absolute Gasteiger partial charge is 0.193 e. The van der Waals surface area contributed by atoms with Gasteiger partial charge in [-0.05, 0) is 41.8 Å². The molecule has 2 rings (SSSR count). The highest BCUT2D eigenvalue weighted by molar-refractivity contribution is 6.28. The average molecular weight is 273 g/mol. The van der Waals surface area contributed by atoms with Crippen LogP contribution in [0.5, 0.6) is 0 Å². The molecule has 0 bridgehead atoms. The molecule has 0 aliphatic heterocycles. The molecule has 1 heterocycles. The zero-order chi connectivity index (χ0) is 13.1. The van der Waals surface area contributed by atoms with Crippen molar-refractivity contribution in [2.24, 2.45) is 5.84 Å². The van der Waals surface area contributed by atoms with Crippen molar-refractivity contribution < 1.29 is 13.2 Å². The fourth-order valence-electron chi connectivity index (χ4n) is 1.68. The lowest BCUT2D eigenvalue weighted by Gasteiger charge is -2.13. The van der Waals surface area contributed by atoms with Crippen LogP contribution in [0.25, 0.3) is 0 Å². The van der Waals surface area contributed by atoms with E-state index in [1.807, 2.05) is 0 Å². The van der Waals surface area contributed by atoms with Gasteiger partial charge in [0.15, 0.2) is 16.9 Å². The van der Waals surface area contributed by atoms with E-state index in [-0.39, 0.29) is 17.2 Å². The molecule has 0 saturated heterocycles. The number of hydrogen-bond donors (Lipinski definition) is 2. The Bertz CT molecular complexity index is 545. The van der Waals surface area contributed by atoms with Crippen molar-refractivity contribution in [3.05, 3.63) is 58.5 Å². The molecule has 6 heteroatoms. The predicted molar refractivity (Wildman–Crippen MR) is 63.8 cm³/mol. The Morgan fingerprint density at radius 1 is 1.28 bits per heavy atom. The van der Waals surface area contributed by atoms with Gasteiger partial charge in [-0.2, -0.15) is 0 Å². The first kappa shape index (κ1) is 13.0. The van der Waals surface area contributed by atoms with E-state index in [2.05, 4.69) is 5.43 Å². The number of rotatable bonds is 4. The molecule has 2 aromatic rings. The Balaban J connectivity index is 2.23. The van der Waals surface area contributed by atoms with Crippen LogP contribution in [0.15, 0.2) is 34.7 Å².